The number of hydrogen-bond donors (Lipinski definition) is 2. The number of aromatic nitrogens is 2. The molecule has 0 spiro atoms. The second kappa shape index (κ2) is 9.83. The SMILES string of the molecule is Cc1cc(CN2C[C@@H](C)N[C@@H](C)C2)cc(Nc2ncc3cccc(-c4ccc(C#N)cc4)c3n2)c1. The molecule has 4 aromatic rings. The van der Waals surface area contributed by atoms with E-state index in [2.05, 4.69) is 71.6 Å². The van der Waals surface area contributed by atoms with Crippen molar-refractivity contribution in [3.63, 3.8) is 0 Å². The average molecular weight is 463 g/mol. The van der Waals surface area contributed by atoms with Crippen LogP contribution in [0.25, 0.3) is 22.0 Å². The third-order valence-corrected chi connectivity index (χ3v) is 6.37. The second-order valence-corrected chi connectivity index (χ2v) is 9.62. The van der Waals surface area contributed by atoms with Gasteiger partial charge in [-0.25, -0.2) is 9.97 Å². The summed E-state index contributed by atoms with van der Waals surface area (Å²) in [6.45, 7) is 9.64. The van der Waals surface area contributed by atoms with Gasteiger partial charge < -0.3 is 10.6 Å². The van der Waals surface area contributed by atoms with Crippen LogP contribution in [0.4, 0.5) is 11.6 Å². The lowest BCUT2D eigenvalue weighted by molar-refractivity contribution is 0.166. The summed E-state index contributed by atoms with van der Waals surface area (Å²) in [4.78, 5) is 12.0. The molecule has 0 radical (unpaired) electrons. The average Bonchev–Trinajstić information content (AvgIpc) is 2.83. The number of para-hydroxylation sites is 1. The number of rotatable bonds is 5. The zero-order chi connectivity index (χ0) is 24.4. The van der Waals surface area contributed by atoms with Gasteiger partial charge in [0.1, 0.15) is 0 Å². The van der Waals surface area contributed by atoms with Crippen molar-refractivity contribution in [2.75, 3.05) is 18.4 Å². The summed E-state index contributed by atoms with van der Waals surface area (Å²) in [5.74, 6) is 0.569. The Balaban J connectivity index is 1.42. The Bertz CT molecular complexity index is 1380. The van der Waals surface area contributed by atoms with Crippen LogP contribution >= 0.6 is 0 Å². The maximum absolute atomic E-state index is 9.12. The van der Waals surface area contributed by atoms with Gasteiger partial charge in [-0.15, -0.1) is 0 Å². The van der Waals surface area contributed by atoms with Gasteiger partial charge in [0, 0.05) is 54.6 Å². The summed E-state index contributed by atoms with van der Waals surface area (Å²) in [7, 11) is 0. The van der Waals surface area contributed by atoms with E-state index in [1.54, 1.807) is 0 Å². The summed E-state index contributed by atoms with van der Waals surface area (Å²) >= 11 is 0. The van der Waals surface area contributed by atoms with Crippen LogP contribution in [0, 0.1) is 18.3 Å². The van der Waals surface area contributed by atoms with Crippen LogP contribution in [0.2, 0.25) is 0 Å². The molecule has 2 atom stereocenters. The molecule has 1 aliphatic heterocycles. The highest BCUT2D eigenvalue weighted by Gasteiger charge is 2.21. The van der Waals surface area contributed by atoms with Crippen molar-refractivity contribution in [3.05, 3.63) is 83.6 Å². The standard InChI is InChI=1S/C29H30N6/c1-19-11-23(18-35-16-20(2)32-21(3)17-35)13-26(12-19)33-29-31-15-25-5-4-6-27(28(25)34-29)24-9-7-22(14-30)8-10-24/h4-13,15,20-21,32H,16-18H2,1-3H3,(H,31,33,34)/t20-,21+. The molecule has 0 unspecified atom stereocenters. The first kappa shape index (κ1) is 23.0. The molecule has 0 aliphatic carbocycles. The lowest BCUT2D eigenvalue weighted by atomic mass is 10.0. The molecule has 0 bridgehead atoms. The van der Waals surface area contributed by atoms with E-state index < -0.39 is 0 Å². The fourth-order valence-corrected chi connectivity index (χ4v) is 5.06. The summed E-state index contributed by atoms with van der Waals surface area (Å²) in [6, 6.07) is 23.4. The minimum absolute atomic E-state index is 0.498. The van der Waals surface area contributed by atoms with Crippen LogP contribution in [0.5, 0.6) is 0 Å². The summed E-state index contributed by atoms with van der Waals surface area (Å²) in [5.41, 5.74) is 7.05. The van der Waals surface area contributed by atoms with Crippen molar-refractivity contribution >= 4 is 22.5 Å². The fraction of sp³-hybridized carbons (Fsp3) is 0.276. The van der Waals surface area contributed by atoms with Crippen molar-refractivity contribution in [2.45, 2.75) is 39.4 Å². The van der Waals surface area contributed by atoms with Crippen molar-refractivity contribution in [1.82, 2.24) is 20.2 Å². The van der Waals surface area contributed by atoms with Gasteiger partial charge in [-0.3, -0.25) is 4.90 Å². The highest BCUT2D eigenvalue weighted by atomic mass is 15.2. The number of nitriles is 1. The predicted octanol–water partition coefficient (Wildman–Crippen LogP) is 5.40. The van der Waals surface area contributed by atoms with Gasteiger partial charge in [-0.1, -0.05) is 36.4 Å². The number of fused-ring (bicyclic) bond motifs is 1. The largest absolute Gasteiger partial charge is 0.324 e. The Morgan fingerprint density at radius 2 is 1.83 bits per heavy atom. The Morgan fingerprint density at radius 3 is 2.57 bits per heavy atom. The molecule has 3 aromatic carbocycles. The van der Waals surface area contributed by atoms with E-state index in [9.17, 15) is 0 Å². The van der Waals surface area contributed by atoms with Gasteiger partial charge in [-0.2, -0.15) is 5.26 Å². The number of anilines is 2. The summed E-state index contributed by atoms with van der Waals surface area (Å²) in [6.07, 6.45) is 1.86. The summed E-state index contributed by atoms with van der Waals surface area (Å²) < 4.78 is 0. The first-order chi connectivity index (χ1) is 17.0. The number of benzene rings is 3. The van der Waals surface area contributed by atoms with Crippen molar-refractivity contribution in [2.24, 2.45) is 0 Å². The van der Waals surface area contributed by atoms with Crippen molar-refractivity contribution < 1.29 is 0 Å². The number of aryl methyl sites for hydroxylation is 1. The minimum Gasteiger partial charge on any atom is -0.324 e. The van der Waals surface area contributed by atoms with E-state index in [4.69, 9.17) is 10.2 Å². The highest BCUT2D eigenvalue weighted by molar-refractivity contribution is 5.94. The molecule has 1 aromatic heterocycles. The number of nitrogens with zero attached hydrogens (tertiary/aromatic N) is 4. The van der Waals surface area contributed by atoms with Crippen molar-refractivity contribution in [1.29, 1.82) is 5.26 Å². The molecule has 1 aliphatic rings. The summed E-state index contributed by atoms with van der Waals surface area (Å²) in [5, 5.41) is 17.1. The number of hydrogen-bond acceptors (Lipinski definition) is 6. The Labute approximate surface area is 206 Å². The third-order valence-electron chi connectivity index (χ3n) is 6.37. The lowest BCUT2D eigenvalue weighted by Crippen LogP contribution is -2.53. The molecule has 2 heterocycles. The van der Waals surface area contributed by atoms with Crippen molar-refractivity contribution in [3.8, 4) is 17.2 Å². The van der Waals surface area contributed by atoms with E-state index in [-0.39, 0.29) is 0 Å². The predicted molar refractivity (Wildman–Crippen MR) is 141 cm³/mol. The van der Waals surface area contributed by atoms with Gasteiger partial charge in [0.05, 0.1) is 17.1 Å². The fourth-order valence-electron chi connectivity index (χ4n) is 5.06. The molecule has 35 heavy (non-hydrogen) atoms. The maximum atomic E-state index is 9.12. The zero-order valence-electron chi connectivity index (χ0n) is 20.4. The number of piperazine rings is 1. The van der Waals surface area contributed by atoms with Gasteiger partial charge in [0.25, 0.3) is 0 Å². The van der Waals surface area contributed by atoms with Crippen LogP contribution in [0.1, 0.15) is 30.5 Å². The van der Waals surface area contributed by atoms with Crippen LogP contribution in [-0.2, 0) is 6.54 Å². The minimum atomic E-state index is 0.498. The lowest BCUT2D eigenvalue weighted by Gasteiger charge is -2.36. The molecule has 1 saturated heterocycles. The highest BCUT2D eigenvalue weighted by Crippen LogP contribution is 2.29. The second-order valence-electron chi connectivity index (χ2n) is 9.62. The van der Waals surface area contributed by atoms with Gasteiger partial charge in [0.2, 0.25) is 5.95 Å². The van der Waals surface area contributed by atoms with E-state index >= 15 is 0 Å². The molecule has 0 amide bonds. The van der Waals surface area contributed by atoms with Crippen LogP contribution in [0.3, 0.4) is 0 Å². The smallest absolute Gasteiger partial charge is 0.227 e. The molecule has 6 heteroatoms. The first-order valence-electron chi connectivity index (χ1n) is 12.1. The Hall–Kier alpha value is -3.79. The van der Waals surface area contributed by atoms with Crippen LogP contribution in [-0.4, -0.2) is 40.0 Å². The van der Waals surface area contributed by atoms with E-state index in [1.807, 2.05) is 42.6 Å². The first-order valence-corrected chi connectivity index (χ1v) is 12.1. The van der Waals surface area contributed by atoms with Gasteiger partial charge in [-0.05, 0) is 61.7 Å². The van der Waals surface area contributed by atoms with E-state index in [1.165, 1.54) is 11.1 Å². The maximum Gasteiger partial charge on any atom is 0.227 e. The quantitative estimate of drug-likeness (QED) is 0.413. The molecule has 1 fully saturated rings. The molecule has 176 valence electrons. The zero-order valence-corrected chi connectivity index (χ0v) is 20.4. The Morgan fingerprint density at radius 1 is 1.06 bits per heavy atom. The molecule has 0 saturated carbocycles. The molecule has 5 rings (SSSR count). The van der Waals surface area contributed by atoms with E-state index in [0.717, 1.165) is 47.4 Å². The van der Waals surface area contributed by atoms with Crippen LogP contribution in [0.15, 0.2) is 66.9 Å². The van der Waals surface area contributed by atoms with Crippen LogP contribution < -0.4 is 10.6 Å². The van der Waals surface area contributed by atoms with Gasteiger partial charge in [0.15, 0.2) is 0 Å². The topological polar surface area (TPSA) is 76.9 Å². The van der Waals surface area contributed by atoms with Gasteiger partial charge >= 0.3 is 0 Å². The molecular weight excluding hydrogens is 432 g/mol. The monoisotopic (exact) mass is 462 g/mol. The molecule has 2 N–H and O–H groups in total. The number of nitrogens with one attached hydrogen (secondary N) is 2. The van der Waals surface area contributed by atoms with E-state index in [0.29, 0.717) is 23.6 Å². The third kappa shape index (κ3) is 5.32. The molecule has 6 nitrogen and oxygen atoms in total. The normalized spacial score (nSPS) is 18.3. The Kier molecular flexibility index (Phi) is 6.45. The molecular formula is C29H30N6.